The predicted octanol–water partition coefficient (Wildman–Crippen LogP) is 18.7. The van der Waals surface area contributed by atoms with Gasteiger partial charge in [-0.15, -0.1) is 0 Å². The Hall–Kier alpha value is -11.1. The van der Waals surface area contributed by atoms with E-state index >= 15 is 0 Å². The maximum atomic E-state index is 13.3. The van der Waals surface area contributed by atoms with Crippen LogP contribution in [0.4, 0.5) is 0 Å². The maximum Gasteiger partial charge on any atom is 0.281 e. The molecule has 0 bridgehead atoms. The van der Waals surface area contributed by atoms with Gasteiger partial charge in [0, 0.05) is 53.8 Å². The fourth-order valence-corrected chi connectivity index (χ4v) is 16.8. The van der Waals surface area contributed by atoms with Gasteiger partial charge in [-0.1, -0.05) is 150 Å². The number of nitrogens with one attached hydrogen (secondary N) is 6. The zero-order valence-electron chi connectivity index (χ0n) is 63.6. The van der Waals surface area contributed by atoms with E-state index in [1.165, 1.54) is 50.6 Å². The van der Waals surface area contributed by atoms with Crippen molar-refractivity contribution in [2.24, 2.45) is 0 Å². The minimum atomic E-state index is -4.24. The van der Waals surface area contributed by atoms with Crippen LogP contribution in [-0.4, -0.2) is 92.0 Å². The molecule has 113 heavy (non-hydrogen) atoms. The lowest BCUT2D eigenvalue weighted by atomic mass is 10.1. The highest BCUT2D eigenvalue weighted by Gasteiger charge is 2.29. The molecule has 3 aromatic heterocycles. The van der Waals surface area contributed by atoms with E-state index in [1.807, 2.05) is 181 Å². The van der Waals surface area contributed by atoms with E-state index in [9.17, 15) is 39.6 Å². The number of carbonyl (C=O) groups excluding carboxylic acids is 3. The van der Waals surface area contributed by atoms with Gasteiger partial charge in [0.15, 0.2) is 0 Å². The van der Waals surface area contributed by atoms with Crippen LogP contribution >= 0.6 is 34.8 Å². The molecular formula is C87H85Cl3N6O14S3. The highest BCUT2D eigenvalue weighted by Crippen LogP contribution is 2.34. The number of ether oxygens (including phenoxy) is 5. The van der Waals surface area contributed by atoms with Crippen LogP contribution in [0.3, 0.4) is 0 Å². The average Bonchev–Trinajstić information content (AvgIpc) is 1.69. The number of carbonyl (C=O) groups is 3. The molecule has 13 aromatic rings. The molecule has 0 radical (unpaired) electrons. The van der Waals surface area contributed by atoms with Crippen molar-refractivity contribution in [1.82, 2.24) is 29.1 Å². The third-order valence-electron chi connectivity index (χ3n) is 18.9. The topological polar surface area (TPSA) is 283 Å². The summed E-state index contributed by atoms with van der Waals surface area (Å²) in [5.74, 6) is 0.529. The van der Waals surface area contributed by atoms with Gasteiger partial charge in [-0.2, -0.15) is 0 Å². The molecule has 0 saturated heterocycles. The highest BCUT2D eigenvalue weighted by molar-refractivity contribution is 7.90. The van der Waals surface area contributed by atoms with Gasteiger partial charge in [0.05, 0.1) is 43.8 Å². The predicted molar refractivity (Wildman–Crippen MR) is 446 cm³/mol. The van der Waals surface area contributed by atoms with Crippen molar-refractivity contribution < 1.29 is 63.3 Å². The van der Waals surface area contributed by atoms with E-state index in [2.05, 4.69) is 29.1 Å². The molecule has 586 valence electrons. The molecular weight excluding hydrogens is 1560 g/mol. The Morgan fingerprint density at radius 2 is 0.681 bits per heavy atom. The summed E-state index contributed by atoms with van der Waals surface area (Å²) in [5, 5.41) is 4.76. The smallest absolute Gasteiger partial charge is 0.281 e. The Morgan fingerprint density at radius 3 is 1.05 bits per heavy atom. The van der Waals surface area contributed by atoms with Crippen LogP contribution in [0.5, 0.6) is 28.7 Å². The minimum Gasteiger partial charge on any atom is -0.497 e. The first kappa shape index (κ1) is 82.9. The number of hydrogen-bond donors (Lipinski definition) is 6. The lowest BCUT2D eigenvalue weighted by Crippen LogP contribution is -2.32. The first-order valence-corrected chi connectivity index (χ1v) is 41.7. The fraction of sp³-hybridized carbons (Fsp3) is 0.207. The number of halogens is 3. The molecule has 0 aliphatic heterocycles. The normalized spacial score (nSPS) is 11.5. The Labute approximate surface area is 672 Å². The SMILES string of the molecule is COc1ccc(S(=O)(=O)NC(=O)c2[nH]c3ccccc3c2CCCOc2cc(C)c(Cl)c(C)c2)c(OC)c1.Cc1cc(OCCCc2c(C(=O)NS(=O)(=O)c3ccc(-c4ccccc4)cc3)[nH]c3ccccc23)cc(C)c1Cl.Cc1ccccc1S(=O)(=O)NC(=O)c1[nH]c2ccccc2c1CCCOc1cc(C)c(Cl)c(C)c1. The second-order valence-electron chi connectivity index (χ2n) is 27.0. The Balaban J connectivity index is 0.000000168. The molecule has 10 aromatic carbocycles. The van der Waals surface area contributed by atoms with Crippen LogP contribution in [0.1, 0.15) is 106 Å². The fourth-order valence-electron chi connectivity index (χ4n) is 13.2. The third-order valence-corrected chi connectivity index (χ3v) is 24.9. The highest BCUT2D eigenvalue weighted by atomic mass is 35.5. The zero-order chi connectivity index (χ0) is 80.9. The van der Waals surface area contributed by atoms with Gasteiger partial charge in [0.25, 0.3) is 47.8 Å². The zero-order valence-corrected chi connectivity index (χ0v) is 68.3. The molecule has 20 nitrogen and oxygen atoms in total. The van der Waals surface area contributed by atoms with Gasteiger partial charge in [0.2, 0.25) is 0 Å². The van der Waals surface area contributed by atoms with Crippen LogP contribution in [0.25, 0.3) is 43.8 Å². The number of rotatable bonds is 27. The number of aromatic amines is 3. The molecule has 6 N–H and O–H groups in total. The molecule has 0 fully saturated rings. The molecule has 3 amide bonds. The van der Waals surface area contributed by atoms with Crippen molar-refractivity contribution in [3.8, 4) is 39.9 Å². The van der Waals surface area contributed by atoms with Crippen LogP contribution < -0.4 is 37.9 Å². The van der Waals surface area contributed by atoms with E-state index in [0.717, 1.165) is 116 Å². The van der Waals surface area contributed by atoms with E-state index in [-0.39, 0.29) is 37.5 Å². The average molecular weight is 1640 g/mol. The van der Waals surface area contributed by atoms with Crippen molar-refractivity contribution in [3.05, 3.63) is 294 Å². The summed E-state index contributed by atoms with van der Waals surface area (Å²) in [5.41, 5.74) is 13.2. The van der Waals surface area contributed by atoms with Crippen LogP contribution in [0.15, 0.2) is 221 Å². The van der Waals surface area contributed by atoms with Gasteiger partial charge in [-0.25, -0.2) is 39.4 Å². The Kier molecular flexibility index (Phi) is 26.9. The summed E-state index contributed by atoms with van der Waals surface area (Å²) < 4.78 is 113. The second-order valence-corrected chi connectivity index (χ2v) is 33.1. The Bertz CT molecular complexity index is 5980. The summed E-state index contributed by atoms with van der Waals surface area (Å²) >= 11 is 18.7. The molecule has 0 unspecified atom stereocenters. The summed E-state index contributed by atoms with van der Waals surface area (Å²) in [6.07, 6.45) is 3.39. The number of aryl methyl sites for hydroxylation is 10. The third kappa shape index (κ3) is 20.1. The van der Waals surface area contributed by atoms with Gasteiger partial charge in [-0.05, 0) is 239 Å². The number of methoxy groups -OCH3 is 2. The number of aromatic nitrogens is 3. The molecule has 0 aliphatic rings. The number of sulfonamides is 3. The van der Waals surface area contributed by atoms with Gasteiger partial charge in [0.1, 0.15) is 50.7 Å². The summed E-state index contributed by atoms with van der Waals surface area (Å²) in [7, 11) is -9.54. The molecule has 3 heterocycles. The molecule has 0 aliphatic carbocycles. The van der Waals surface area contributed by atoms with Gasteiger partial charge in [-0.3, -0.25) is 14.4 Å². The standard InChI is InChI=1S/C32H29ClN2O4S.C28H29ClN2O6S.C27H27ClN2O4S/c1-21-19-25(20-22(2)30(21)33)39-18-8-12-28-27-11-6-7-13-29(27)34-31(28)32(36)35-40(37,38)26-16-14-24(15-17-26)23-9-4-3-5-10-23;1-17-14-20(15-18(2)26(17)29)37-13-7-9-22-21-8-5-6-10-23(21)30-27(22)28(32)31-38(33,34)25-12-11-19(35-3)16-24(25)36-4;1-17-9-4-7-13-24(17)35(32,33)30-27(31)26-22(21-10-5-6-12-23(21)29-26)11-8-14-34-20-15-18(2)25(28)19(3)16-20/h3-7,9-11,13-17,19-20,34H,8,12,18H2,1-2H3,(H,35,36);5-6,8,10-12,14-16,30H,7,9,13H2,1-4H3,(H,31,32);4-7,9-10,12-13,15-16,29H,8,11,14H2,1-3H3,(H,30,31). The number of para-hydroxylation sites is 3. The number of benzene rings is 10. The molecule has 13 rings (SSSR count). The first-order valence-electron chi connectivity index (χ1n) is 36.2. The Morgan fingerprint density at radius 1 is 0.345 bits per heavy atom. The van der Waals surface area contributed by atoms with Crippen molar-refractivity contribution in [2.45, 2.75) is 102 Å². The minimum absolute atomic E-state index is 0.0140. The van der Waals surface area contributed by atoms with E-state index < -0.39 is 47.8 Å². The molecule has 0 atom stereocenters. The van der Waals surface area contributed by atoms with E-state index in [4.69, 9.17) is 58.5 Å². The largest absolute Gasteiger partial charge is 0.497 e. The van der Waals surface area contributed by atoms with E-state index in [0.29, 0.717) is 80.2 Å². The second kappa shape index (κ2) is 36.6. The monoisotopic (exact) mass is 1640 g/mol. The number of H-pyrrole nitrogens is 3. The van der Waals surface area contributed by atoms with Crippen molar-refractivity contribution in [3.63, 3.8) is 0 Å². The van der Waals surface area contributed by atoms with Crippen molar-refractivity contribution in [1.29, 1.82) is 0 Å². The van der Waals surface area contributed by atoms with Crippen LogP contribution in [-0.2, 0) is 49.3 Å². The maximum absolute atomic E-state index is 13.3. The molecule has 26 heteroatoms. The number of hydrogen-bond acceptors (Lipinski definition) is 14. The first-order chi connectivity index (χ1) is 54.0. The van der Waals surface area contributed by atoms with E-state index in [1.54, 1.807) is 37.3 Å². The van der Waals surface area contributed by atoms with Crippen LogP contribution in [0, 0.1) is 48.5 Å². The molecule has 0 spiro atoms. The summed E-state index contributed by atoms with van der Waals surface area (Å²) in [6, 6.07) is 60.8. The van der Waals surface area contributed by atoms with Gasteiger partial charge < -0.3 is 38.6 Å². The lowest BCUT2D eigenvalue weighted by Gasteiger charge is -2.12. The summed E-state index contributed by atoms with van der Waals surface area (Å²) in [6.45, 7) is 14.5. The quantitative estimate of drug-likeness (QED) is 0.0261. The van der Waals surface area contributed by atoms with Crippen LogP contribution in [0.2, 0.25) is 15.1 Å². The lowest BCUT2D eigenvalue weighted by molar-refractivity contribution is 0.0967. The number of fused-ring (bicyclic) bond motifs is 3. The number of amides is 3. The molecule has 0 saturated carbocycles. The van der Waals surface area contributed by atoms with Crippen molar-refractivity contribution in [2.75, 3.05) is 34.0 Å². The summed E-state index contributed by atoms with van der Waals surface area (Å²) in [4.78, 5) is 48.9. The van der Waals surface area contributed by atoms with Gasteiger partial charge >= 0.3 is 0 Å². The van der Waals surface area contributed by atoms with Crippen molar-refractivity contribution >= 4 is 115 Å².